The van der Waals surface area contributed by atoms with Crippen LogP contribution in [0.2, 0.25) is 0 Å². The lowest BCUT2D eigenvalue weighted by molar-refractivity contribution is 0.379. The van der Waals surface area contributed by atoms with Crippen molar-refractivity contribution in [1.29, 1.82) is 0 Å². The molecule has 0 heterocycles. The lowest BCUT2D eigenvalue weighted by Crippen LogP contribution is -2.17. The molecule has 0 radical (unpaired) electrons. The van der Waals surface area contributed by atoms with Crippen LogP contribution in [-0.4, -0.2) is 51.9 Å². The third kappa shape index (κ3) is 16.8. The van der Waals surface area contributed by atoms with E-state index in [4.69, 9.17) is 0 Å². The molecule has 0 aromatic heterocycles. The zero-order chi connectivity index (χ0) is 58.0. The molecule has 424 valence electrons. The van der Waals surface area contributed by atoms with E-state index in [9.17, 15) is 51.9 Å². The standard InChI is InChI=1S/C65H68O12S4/c1-46(48-23-31-62(32-24-48)78(66,67)68)39-56(54-27-35-64(36-28-54)80(72,73)74)41-58(50-15-7-3-8-16-50)43-60(52-19-11-5-12-20-52)45-61(53-21-13-6-14-22-53)44-59(51-17-9-4-10-18-51)42-57(55-29-37-65(38-30-55)81(75,76)77)40-47(2)49-25-33-63(34-26-49)79(69,70)71/h3-38,46-47,56-61H,39-45H2,1-2H3,(H,66,67,68)(H,69,70,71)(H,72,73,74)(H,75,76,77). The highest BCUT2D eigenvalue weighted by Gasteiger charge is 2.32. The maximum atomic E-state index is 12.3. The first-order chi connectivity index (χ1) is 38.5. The first-order valence-corrected chi connectivity index (χ1v) is 32.7. The topological polar surface area (TPSA) is 217 Å². The Morgan fingerprint density at radius 1 is 0.235 bits per heavy atom. The van der Waals surface area contributed by atoms with E-state index in [2.05, 4.69) is 86.6 Å². The van der Waals surface area contributed by atoms with Gasteiger partial charge < -0.3 is 0 Å². The molecule has 8 aromatic carbocycles. The van der Waals surface area contributed by atoms with Gasteiger partial charge in [-0.3, -0.25) is 18.2 Å². The Balaban J connectivity index is 1.18. The zero-order valence-electron chi connectivity index (χ0n) is 45.0. The van der Waals surface area contributed by atoms with Crippen LogP contribution in [0.1, 0.15) is 151 Å². The van der Waals surface area contributed by atoms with Gasteiger partial charge in [-0.05, 0) is 185 Å². The van der Waals surface area contributed by atoms with E-state index in [1.165, 1.54) is 59.7 Å². The van der Waals surface area contributed by atoms with Crippen molar-refractivity contribution in [3.8, 4) is 0 Å². The summed E-state index contributed by atoms with van der Waals surface area (Å²) in [7, 11) is -17.8. The second-order valence-electron chi connectivity index (χ2n) is 21.5. The minimum absolute atomic E-state index is 0.000456. The van der Waals surface area contributed by atoms with Gasteiger partial charge in [-0.25, -0.2) is 0 Å². The second kappa shape index (κ2) is 26.5. The Kier molecular flexibility index (Phi) is 19.8. The SMILES string of the molecule is CC(CC(CC(CC(CC(CC(CC(CC(C)c1ccc(S(=O)(=O)O)cc1)c1ccc(S(=O)(=O)O)cc1)c1ccccc1)c1ccccc1)c1ccccc1)c1ccccc1)c1ccc(S(=O)(=O)O)cc1)c1ccc(S(=O)(=O)O)cc1. The van der Waals surface area contributed by atoms with E-state index in [0.717, 1.165) is 52.6 Å². The molecule has 0 bridgehead atoms. The molecular weight excluding hydrogens is 1100 g/mol. The number of hydrogen-bond acceptors (Lipinski definition) is 8. The van der Waals surface area contributed by atoms with Crippen molar-refractivity contribution in [1.82, 2.24) is 0 Å². The van der Waals surface area contributed by atoms with Crippen molar-refractivity contribution < 1.29 is 51.9 Å². The summed E-state index contributed by atoms with van der Waals surface area (Å²) in [4.78, 5) is -0.843. The zero-order valence-corrected chi connectivity index (χ0v) is 48.3. The summed E-state index contributed by atoms with van der Waals surface area (Å²) in [5, 5.41) is 0. The van der Waals surface area contributed by atoms with Gasteiger partial charge in [0, 0.05) is 0 Å². The maximum absolute atomic E-state index is 12.3. The van der Waals surface area contributed by atoms with Gasteiger partial charge in [0.1, 0.15) is 0 Å². The smallest absolute Gasteiger partial charge is 0.282 e. The first kappa shape index (κ1) is 60.5. The van der Waals surface area contributed by atoms with E-state index >= 15 is 0 Å². The van der Waals surface area contributed by atoms with E-state index < -0.39 is 40.5 Å². The molecule has 8 atom stereocenters. The summed E-state index contributed by atoms with van der Waals surface area (Å²) in [6.07, 6.45) is 4.66. The molecule has 0 fully saturated rings. The van der Waals surface area contributed by atoms with Crippen molar-refractivity contribution in [2.45, 2.75) is 126 Å². The molecule has 0 aliphatic heterocycles. The lowest BCUT2D eigenvalue weighted by atomic mass is 9.71. The van der Waals surface area contributed by atoms with Gasteiger partial charge in [0.15, 0.2) is 0 Å². The second-order valence-corrected chi connectivity index (χ2v) is 27.1. The molecule has 0 aliphatic rings. The Bertz CT molecular complexity index is 3510. The molecule has 81 heavy (non-hydrogen) atoms. The summed E-state index contributed by atoms with van der Waals surface area (Å²) in [5.74, 6) is -0.607. The van der Waals surface area contributed by atoms with Gasteiger partial charge in [-0.1, -0.05) is 184 Å². The highest BCUT2D eigenvalue weighted by Crippen LogP contribution is 2.48. The Morgan fingerprint density at radius 3 is 0.580 bits per heavy atom. The Hall–Kier alpha value is -6.60. The molecule has 12 nitrogen and oxygen atoms in total. The average Bonchev–Trinajstić information content (AvgIpc) is 3.45. The highest BCUT2D eigenvalue weighted by molar-refractivity contribution is 7.86. The van der Waals surface area contributed by atoms with Crippen LogP contribution in [0.5, 0.6) is 0 Å². The summed E-state index contributed by atoms with van der Waals surface area (Å²) in [6, 6.07) is 66.8. The lowest BCUT2D eigenvalue weighted by Gasteiger charge is -2.34. The van der Waals surface area contributed by atoms with Gasteiger partial charge in [-0.2, -0.15) is 33.7 Å². The van der Waals surface area contributed by atoms with Crippen LogP contribution in [0.15, 0.2) is 238 Å². The van der Waals surface area contributed by atoms with Gasteiger partial charge in [0.2, 0.25) is 0 Å². The fraction of sp³-hybridized carbons (Fsp3) is 0.262. The van der Waals surface area contributed by atoms with Crippen LogP contribution in [0, 0.1) is 0 Å². The van der Waals surface area contributed by atoms with Crippen molar-refractivity contribution >= 4 is 40.5 Å². The minimum Gasteiger partial charge on any atom is -0.282 e. The minimum atomic E-state index is -4.47. The molecule has 4 N–H and O–H groups in total. The van der Waals surface area contributed by atoms with Crippen molar-refractivity contribution in [3.05, 3.63) is 263 Å². The van der Waals surface area contributed by atoms with Crippen LogP contribution in [0.4, 0.5) is 0 Å². The number of benzene rings is 8. The predicted molar refractivity (Wildman–Crippen MR) is 316 cm³/mol. The van der Waals surface area contributed by atoms with E-state index in [1.54, 1.807) is 48.5 Å². The molecule has 16 heteroatoms. The van der Waals surface area contributed by atoms with Crippen LogP contribution >= 0.6 is 0 Å². The average molecular weight is 1170 g/mol. The molecule has 8 rings (SSSR count). The van der Waals surface area contributed by atoms with Crippen molar-refractivity contribution in [2.24, 2.45) is 0 Å². The summed E-state index contributed by atoms with van der Waals surface area (Å²) in [5.41, 5.74) is 8.07. The van der Waals surface area contributed by atoms with E-state index in [0.29, 0.717) is 25.7 Å². The van der Waals surface area contributed by atoms with Gasteiger partial charge in [-0.15, -0.1) is 0 Å². The molecular formula is C65H68O12S4. The Labute approximate surface area is 478 Å². The summed E-state index contributed by atoms with van der Waals surface area (Å²) >= 11 is 0. The third-order valence-corrected chi connectivity index (χ3v) is 19.5. The number of hydrogen-bond donors (Lipinski definition) is 4. The molecule has 8 unspecified atom stereocenters. The van der Waals surface area contributed by atoms with Crippen molar-refractivity contribution in [2.75, 3.05) is 0 Å². The normalized spacial score (nSPS) is 15.4. The molecule has 0 spiro atoms. The molecule has 0 amide bonds. The Morgan fingerprint density at radius 2 is 0.395 bits per heavy atom. The van der Waals surface area contributed by atoms with Crippen LogP contribution in [0.3, 0.4) is 0 Å². The van der Waals surface area contributed by atoms with Crippen LogP contribution in [0.25, 0.3) is 0 Å². The van der Waals surface area contributed by atoms with Crippen LogP contribution < -0.4 is 0 Å². The quantitative estimate of drug-likeness (QED) is 0.0372. The fourth-order valence-electron chi connectivity index (χ4n) is 11.7. The third-order valence-electron chi connectivity index (χ3n) is 16.0. The van der Waals surface area contributed by atoms with Gasteiger partial charge in [0.05, 0.1) is 19.6 Å². The van der Waals surface area contributed by atoms with Crippen LogP contribution in [-0.2, 0) is 40.5 Å². The maximum Gasteiger partial charge on any atom is 0.294 e. The van der Waals surface area contributed by atoms with Gasteiger partial charge >= 0.3 is 0 Å². The monoisotopic (exact) mass is 1170 g/mol. The predicted octanol–water partition coefficient (Wildman–Crippen LogP) is 15.0. The summed E-state index contributed by atoms with van der Waals surface area (Å²) in [6.45, 7) is 4.12. The number of rotatable bonds is 26. The summed E-state index contributed by atoms with van der Waals surface area (Å²) < 4.78 is 136. The molecule has 8 aromatic rings. The first-order valence-electron chi connectivity index (χ1n) is 27.0. The highest BCUT2D eigenvalue weighted by atomic mass is 32.2. The van der Waals surface area contributed by atoms with Crippen molar-refractivity contribution in [3.63, 3.8) is 0 Å². The van der Waals surface area contributed by atoms with E-state index in [1.807, 2.05) is 48.5 Å². The fourth-order valence-corrected chi connectivity index (χ4v) is 13.6. The molecule has 0 saturated heterocycles. The molecule has 0 saturated carbocycles. The molecule has 0 aliphatic carbocycles. The van der Waals surface area contributed by atoms with E-state index in [-0.39, 0.29) is 66.9 Å². The largest absolute Gasteiger partial charge is 0.294 e. The van der Waals surface area contributed by atoms with Gasteiger partial charge in [0.25, 0.3) is 40.5 Å².